The van der Waals surface area contributed by atoms with E-state index in [0.717, 1.165) is 5.56 Å². The van der Waals surface area contributed by atoms with Crippen molar-refractivity contribution in [2.24, 2.45) is 0 Å². The summed E-state index contributed by atoms with van der Waals surface area (Å²) in [6, 6.07) is 7.81. The van der Waals surface area contributed by atoms with Gasteiger partial charge in [0.25, 0.3) is 0 Å². The van der Waals surface area contributed by atoms with Crippen LogP contribution in [0.4, 0.5) is 5.69 Å². The highest BCUT2D eigenvalue weighted by atomic mass is 35.5. The Kier molecular flexibility index (Phi) is 4.27. The fourth-order valence-electron chi connectivity index (χ4n) is 1.68. The van der Waals surface area contributed by atoms with Crippen LogP contribution >= 0.6 is 11.6 Å². The molecule has 0 saturated heterocycles. The summed E-state index contributed by atoms with van der Waals surface area (Å²) in [5.74, 6) is 0. The van der Waals surface area contributed by atoms with E-state index in [1.165, 1.54) is 29.6 Å². The Hall–Kier alpha value is -1.63. The molecule has 0 bridgehead atoms. The predicted octanol–water partition coefficient (Wildman–Crippen LogP) is 2.14. The molecule has 0 aliphatic heterocycles. The zero-order valence-corrected chi connectivity index (χ0v) is 12.4. The average Bonchev–Trinajstić information content (AvgIpc) is 2.42. The first-order valence-electron chi connectivity index (χ1n) is 5.81. The van der Waals surface area contributed by atoms with Gasteiger partial charge >= 0.3 is 0 Å². The number of aromatic nitrogens is 1. The number of anilines is 1. The molecule has 1 aromatic heterocycles. The fourth-order valence-corrected chi connectivity index (χ4v) is 3.11. The molecule has 0 amide bonds. The molecule has 106 valence electrons. The summed E-state index contributed by atoms with van der Waals surface area (Å²) in [7, 11) is -2.09. The van der Waals surface area contributed by atoms with Crippen molar-refractivity contribution in [2.45, 2.75) is 11.4 Å². The lowest BCUT2D eigenvalue weighted by Gasteiger charge is -2.17. The van der Waals surface area contributed by atoms with Gasteiger partial charge in [0.2, 0.25) is 10.0 Å². The van der Waals surface area contributed by atoms with E-state index < -0.39 is 10.0 Å². The molecule has 0 fully saturated rings. The van der Waals surface area contributed by atoms with Crippen molar-refractivity contribution in [3.05, 3.63) is 53.3 Å². The van der Waals surface area contributed by atoms with Gasteiger partial charge in [-0.2, -0.15) is 4.31 Å². The van der Waals surface area contributed by atoms with Gasteiger partial charge in [-0.1, -0.05) is 11.6 Å². The standard InChI is InChI=1S/C13H14ClN3O2S/c1-17(9-10-4-6-16-7-5-10)20(18,19)11-2-3-13(15)12(14)8-11/h2-8H,9,15H2,1H3. The van der Waals surface area contributed by atoms with E-state index in [4.69, 9.17) is 17.3 Å². The second-order valence-corrected chi connectivity index (χ2v) is 6.75. The number of nitrogens with two attached hydrogens (primary N) is 1. The summed E-state index contributed by atoms with van der Waals surface area (Å²) in [5, 5.41) is 0.225. The molecule has 2 aromatic rings. The average molecular weight is 312 g/mol. The Morgan fingerprint density at radius 1 is 1.25 bits per heavy atom. The monoisotopic (exact) mass is 311 g/mol. The van der Waals surface area contributed by atoms with Crippen molar-refractivity contribution < 1.29 is 8.42 Å². The van der Waals surface area contributed by atoms with Crippen molar-refractivity contribution in [2.75, 3.05) is 12.8 Å². The van der Waals surface area contributed by atoms with Gasteiger partial charge in [-0.15, -0.1) is 0 Å². The van der Waals surface area contributed by atoms with Crippen molar-refractivity contribution >= 4 is 27.3 Å². The Morgan fingerprint density at radius 3 is 2.50 bits per heavy atom. The molecule has 7 heteroatoms. The van der Waals surface area contributed by atoms with Gasteiger partial charge in [0.1, 0.15) is 0 Å². The molecule has 5 nitrogen and oxygen atoms in total. The number of sulfonamides is 1. The molecule has 0 atom stereocenters. The van der Waals surface area contributed by atoms with Crippen LogP contribution < -0.4 is 5.73 Å². The minimum absolute atomic E-state index is 0.119. The highest BCUT2D eigenvalue weighted by Gasteiger charge is 2.21. The summed E-state index contributed by atoms with van der Waals surface area (Å²) in [5.41, 5.74) is 6.79. The summed E-state index contributed by atoms with van der Waals surface area (Å²) >= 11 is 5.87. The molecular formula is C13H14ClN3O2S. The van der Waals surface area contributed by atoms with E-state index >= 15 is 0 Å². The van der Waals surface area contributed by atoms with Crippen LogP contribution in [0.2, 0.25) is 5.02 Å². The fraction of sp³-hybridized carbons (Fsp3) is 0.154. The molecule has 1 heterocycles. The minimum atomic E-state index is -3.60. The van der Waals surface area contributed by atoms with Crippen molar-refractivity contribution in [1.82, 2.24) is 9.29 Å². The number of nitrogen functional groups attached to an aromatic ring is 1. The molecule has 0 saturated carbocycles. The third-order valence-electron chi connectivity index (χ3n) is 2.83. The van der Waals surface area contributed by atoms with Crippen LogP contribution in [0.15, 0.2) is 47.6 Å². The lowest BCUT2D eigenvalue weighted by atomic mass is 10.3. The lowest BCUT2D eigenvalue weighted by Crippen LogP contribution is -2.26. The zero-order chi connectivity index (χ0) is 14.8. The maximum absolute atomic E-state index is 12.4. The highest BCUT2D eigenvalue weighted by molar-refractivity contribution is 7.89. The molecule has 0 spiro atoms. The predicted molar refractivity (Wildman–Crippen MR) is 78.8 cm³/mol. The minimum Gasteiger partial charge on any atom is -0.398 e. The van der Waals surface area contributed by atoms with E-state index in [-0.39, 0.29) is 16.5 Å². The van der Waals surface area contributed by atoms with E-state index in [0.29, 0.717) is 5.69 Å². The van der Waals surface area contributed by atoms with Gasteiger partial charge in [0.05, 0.1) is 15.6 Å². The Labute approximate surface area is 123 Å². The molecule has 1 aromatic carbocycles. The zero-order valence-electron chi connectivity index (χ0n) is 10.8. The van der Waals surface area contributed by atoms with E-state index in [1.807, 2.05) is 0 Å². The molecule has 2 rings (SSSR count). The smallest absolute Gasteiger partial charge is 0.243 e. The molecule has 2 N–H and O–H groups in total. The van der Waals surface area contributed by atoms with Crippen molar-refractivity contribution in [3.63, 3.8) is 0 Å². The summed E-state index contributed by atoms with van der Waals surface area (Å²) < 4.78 is 26.1. The second kappa shape index (κ2) is 5.78. The first-order chi connectivity index (χ1) is 9.41. The third kappa shape index (κ3) is 3.09. The lowest BCUT2D eigenvalue weighted by molar-refractivity contribution is 0.466. The maximum atomic E-state index is 12.4. The third-order valence-corrected chi connectivity index (χ3v) is 4.96. The first-order valence-corrected chi connectivity index (χ1v) is 7.63. The largest absolute Gasteiger partial charge is 0.398 e. The van der Waals surface area contributed by atoms with Crippen LogP contribution in [0.3, 0.4) is 0 Å². The van der Waals surface area contributed by atoms with E-state index in [2.05, 4.69) is 4.98 Å². The van der Waals surface area contributed by atoms with Gasteiger partial charge in [0.15, 0.2) is 0 Å². The number of rotatable bonds is 4. The van der Waals surface area contributed by atoms with E-state index in [9.17, 15) is 8.42 Å². The van der Waals surface area contributed by atoms with Crippen LogP contribution in [0.1, 0.15) is 5.56 Å². The molecular weight excluding hydrogens is 298 g/mol. The molecule has 0 aliphatic carbocycles. The van der Waals surface area contributed by atoms with Crippen molar-refractivity contribution in [3.8, 4) is 0 Å². The van der Waals surface area contributed by atoms with Crippen LogP contribution in [0, 0.1) is 0 Å². The molecule has 0 unspecified atom stereocenters. The second-order valence-electron chi connectivity index (χ2n) is 4.30. The number of hydrogen-bond acceptors (Lipinski definition) is 4. The van der Waals surface area contributed by atoms with Gasteiger partial charge in [-0.3, -0.25) is 4.98 Å². The summed E-state index contributed by atoms with van der Waals surface area (Å²) in [6.45, 7) is 0.257. The van der Waals surface area contributed by atoms with E-state index in [1.54, 1.807) is 24.5 Å². The van der Waals surface area contributed by atoms with Gasteiger partial charge in [-0.25, -0.2) is 8.42 Å². The molecule has 0 radical (unpaired) electrons. The topological polar surface area (TPSA) is 76.3 Å². The summed E-state index contributed by atoms with van der Waals surface area (Å²) in [6.07, 6.45) is 3.24. The number of hydrogen-bond donors (Lipinski definition) is 1. The van der Waals surface area contributed by atoms with Crippen LogP contribution in [0.25, 0.3) is 0 Å². The molecule has 0 aliphatic rings. The quantitative estimate of drug-likeness (QED) is 0.878. The Morgan fingerprint density at radius 2 is 1.90 bits per heavy atom. The van der Waals surface area contributed by atoms with Gasteiger partial charge in [0, 0.05) is 26.0 Å². The number of pyridine rings is 1. The Bertz CT molecular complexity index is 705. The SMILES string of the molecule is CN(Cc1ccncc1)S(=O)(=O)c1ccc(N)c(Cl)c1. The van der Waals surface area contributed by atoms with Crippen molar-refractivity contribution in [1.29, 1.82) is 0 Å². The van der Waals surface area contributed by atoms with Gasteiger partial charge < -0.3 is 5.73 Å². The number of halogens is 1. The maximum Gasteiger partial charge on any atom is 0.243 e. The number of benzene rings is 1. The number of nitrogens with zero attached hydrogens (tertiary/aromatic N) is 2. The highest BCUT2D eigenvalue weighted by Crippen LogP contribution is 2.24. The molecule has 20 heavy (non-hydrogen) atoms. The summed E-state index contributed by atoms with van der Waals surface area (Å²) in [4.78, 5) is 4.01. The Balaban J connectivity index is 2.27. The first kappa shape index (κ1) is 14.8. The van der Waals surface area contributed by atoms with Crippen LogP contribution in [-0.2, 0) is 16.6 Å². The normalized spacial score (nSPS) is 11.8. The van der Waals surface area contributed by atoms with Gasteiger partial charge in [-0.05, 0) is 35.9 Å². The van der Waals surface area contributed by atoms with Crippen LogP contribution in [-0.4, -0.2) is 24.8 Å². The van der Waals surface area contributed by atoms with Crippen LogP contribution in [0.5, 0.6) is 0 Å².